The second kappa shape index (κ2) is 8.69. The first-order valence-electron chi connectivity index (χ1n) is 9.01. The molecule has 0 aliphatic carbocycles. The Hall–Kier alpha value is -2.80. The lowest BCUT2D eigenvalue weighted by Gasteiger charge is -2.16. The zero-order valence-electron chi connectivity index (χ0n) is 15.6. The van der Waals surface area contributed by atoms with Crippen LogP contribution in [0.25, 0.3) is 5.69 Å². The number of hydrogen-bond acceptors (Lipinski definition) is 2. The zero-order chi connectivity index (χ0) is 21.0. The first kappa shape index (κ1) is 20.9. The van der Waals surface area contributed by atoms with Crippen LogP contribution in [-0.4, -0.2) is 21.7 Å². The number of amides is 1. The molecule has 152 valence electrons. The van der Waals surface area contributed by atoms with E-state index < -0.39 is 23.3 Å². The molecule has 29 heavy (non-hydrogen) atoms. The predicted octanol–water partition coefficient (Wildman–Crippen LogP) is 5.30. The number of aromatic nitrogens is 2. The lowest BCUT2D eigenvalue weighted by atomic mass is 10.1. The van der Waals surface area contributed by atoms with E-state index in [0.717, 1.165) is 11.8 Å². The van der Waals surface area contributed by atoms with Crippen LogP contribution in [-0.2, 0) is 12.6 Å². The Labute approximate surface area is 171 Å². The molecule has 0 bridgehead atoms. The molecule has 1 atom stereocenters. The van der Waals surface area contributed by atoms with Crippen molar-refractivity contribution in [2.24, 2.45) is 0 Å². The molecule has 0 spiro atoms. The molecule has 0 radical (unpaired) electrons. The molecule has 1 unspecified atom stereocenters. The standard InChI is InChI=1S/C21H19ClF3N3O/c1-14(7-8-15-5-3-2-4-6-15)27-20(29)18-13-26-28(19(18)21(23,24)25)17-11-9-16(22)10-12-17/h2-6,9-14H,7-8H2,1H3,(H,27,29). The van der Waals surface area contributed by atoms with Crippen molar-refractivity contribution >= 4 is 17.5 Å². The van der Waals surface area contributed by atoms with Crippen LogP contribution >= 0.6 is 11.6 Å². The van der Waals surface area contributed by atoms with Crippen molar-refractivity contribution in [3.05, 3.63) is 82.6 Å². The van der Waals surface area contributed by atoms with Crippen LogP contribution in [0.2, 0.25) is 5.02 Å². The van der Waals surface area contributed by atoms with Gasteiger partial charge in [-0.3, -0.25) is 4.79 Å². The third-order valence-electron chi connectivity index (χ3n) is 4.44. The van der Waals surface area contributed by atoms with E-state index in [9.17, 15) is 18.0 Å². The molecule has 3 aromatic rings. The smallest absolute Gasteiger partial charge is 0.349 e. The van der Waals surface area contributed by atoms with Gasteiger partial charge in [-0.25, -0.2) is 4.68 Å². The van der Waals surface area contributed by atoms with E-state index in [1.54, 1.807) is 6.92 Å². The molecule has 0 aliphatic heterocycles. The summed E-state index contributed by atoms with van der Waals surface area (Å²) in [6.07, 6.45) is -2.51. The largest absolute Gasteiger partial charge is 0.434 e. The van der Waals surface area contributed by atoms with E-state index in [1.807, 2.05) is 30.3 Å². The van der Waals surface area contributed by atoms with Gasteiger partial charge in [-0.15, -0.1) is 0 Å². The molecule has 0 saturated heterocycles. The van der Waals surface area contributed by atoms with Crippen LogP contribution in [0.15, 0.2) is 60.8 Å². The Balaban J connectivity index is 1.78. The highest BCUT2D eigenvalue weighted by Gasteiger charge is 2.40. The summed E-state index contributed by atoms with van der Waals surface area (Å²) in [5.74, 6) is -0.807. The van der Waals surface area contributed by atoms with Crippen LogP contribution in [0.1, 0.15) is 35.0 Å². The van der Waals surface area contributed by atoms with E-state index >= 15 is 0 Å². The molecular weight excluding hydrogens is 403 g/mol. The van der Waals surface area contributed by atoms with Gasteiger partial charge in [0.05, 0.1) is 17.4 Å². The Morgan fingerprint density at radius 3 is 2.41 bits per heavy atom. The van der Waals surface area contributed by atoms with E-state index in [4.69, 9.17) is 11.6 Å². The summed E-state index contributed by atoms with van der Waals surface area (Å²) >= 11 is 5.80. The molecule has 1 heterocycles. The fourth-order valence-electron chi connectivity index (χ4n) is 2.97. The summed E-state index contributed by atoms with van der Waals surface area (Å²) in [5, 5.41) is 6.83. The lowest BCUT2D eigenvalue weighted by molar-refractivity contribution is -0.143. The number of aryl methyl sites for hydroxylation is 1. The van der Waals surface area contributed by atoms with Crippen molar-refractivity contribution in [3.63, 3.8) is 0 Å². The fourth-order valence-corrected chi connectivity index (χ4v) is 3.09. The highest BCUT2D eigenvalue weighted by molar-refractivity contribution is 6.30. The van der Waals surface area contributed by atoms with Crippen molar-refractivity contribution in [3.8, 4) is 5.69 Å². The second-order valence-electron chi connectivity index (χ2n) is 6.69. The van der Waals surface area contributed by atoms with Crippen molar-refractivity contribution in [2.45, 2.75) is 32.0 Å². The first-order valence-corrected chi connectivity index (χ1v) is 9.39. The molecule has 0 aliphatic rings. The minimum absolute atomic E-state index is 0.165. The van der Waals surface area contributed by atoms with Crippen LogP contribution in [0.4, 0.5) is 13.2 Å². The van der Waals surface area contributed by atoms with Gasteiger partial charge < -0.3 is 5.32 Å². The SMILES string of the molecule is CC(CCc1ccccc1)NC(=O)c1cnn(-c2ccc(Cl)cc2)c1C(F)(F)F. The lowest BCUT2D eigenvalue weighted by Crippen LogP contribution is -2.34. The van der Waals surface area contributed by atoms with Gasteiger partial charge in [0.25, 0.3) is 5.91 Å². The van der Waals surface area contributed by atoms with E-state index in [-0.39, 0.29) is 11.7 Å². The van der Waals surface area contributed by atoms with Gasteiger partial charge in [0.2, 0.25) is 0 Å². The number of alkyl halides is 3. The number of rotatable bonds is 6. The monoisotopic (exact) mass is 421 g/mol. The molecule has 0 saturated carbocycles. The quantitative estimate of drug-likeness (QED) is 0.587. The molecular formula is C21H19ClF3N3O. The van der Waals surface area contributed by atoms with E-state index in [2.05, 4.69) is 10.4 Å². The molecule has 8 heteroatoms. The minimum atomic E-state index is -4.75. The summed E-state index contributed by atoms with van der Waals surface area (Å²) in [7, 11) is 0. The number of halogens is 4. The molecule has 4 nitrogen and oxygen atoms in total. The predicted molar refractivity (Wildman–Crippen MR) is 105 cm³/mol. The summed E-state index contributed by atoms with van der Waals surface area (Å²) in [6.45, 7) is 1.76. The maximum atomic E-state index is 13.7. The van der Waals surface area contributed by atoms with E-state index in [1.165, 1.54) is 24.3 Å². The number of benzene rings is 2. The van der Waals surface area contributed by atoms with E-state index in [0.29, 0.717) is 22.5 Å². The highest BCUT2D eigenvalue weighted by atomic mass is 35.5. The first-order chi connectivity index (χ1) is 13.8. The fraction of sp³-hybridized carbons (Fsp3) is 0.238. The van der Waals surface area contributed by atoms with Crippen molar-refractivity contribution in [1.82, 2.24) is 15.1 Å². The normalized spacial score (nSPS) is 12.6. The maximum Gasteiger partial charge on any atom is 0.434 e. The summed E-state index contributed by atoms with van der Waals surface area (Å²) in [5.41, 5.74) is -0.371. The third kappa shape index (κ3) is 5.17. The average Bonchev–Trinajstić information content (AvgIpc) is 3.14. The number of carbonyl (C=O) groups excluding carboxylic acids is 1. The molecule has 1 aromatic heterocycles. The van der Waals surface area contributed by atoms with Crippen LogP contribution < -0.4 is 5.32 Å². The summed E-state index contributed by atoms with van der Waals surface area (Å²) in [6, 6.07) is 15.1. The Kier molecular flexibility index (Phi) is 6.27. The number of nitrogens with one attached hydrogen (secondary N) is 1. The zero-order valence-corrected chi connectivity index (χ0v) is 16.3. The van der Waals surface area contributed by atoms with Crippen molar-refractivity contribution in [1.29, 1.82) is 0 Å². The number of carbonyl (C=O) groups is 1. The van der Waals surface area contributed by atoms with Crippen molar-refractivity contribution < 1.29 is 18.0 Å². The molecule has 1 N–H and O–H groups in total. The minimum Gasteiger partial charge on any atom is -0.349 e. The van der Waals surface area contributed by atoms with Crippen LogP contribution in [0, 0.1) is 0 Å². The van der Waals surface area contributed by atoms with Crippen molar-refractivity contribution in [2.75, 3.05) is 0 Å². The Morgan fingerprint density at radius 2 is 1.79 bits per heavy atom. The maximum absolute atomic E-state index is 13.7. The highest BCUT2D eigenvalue weighted by Crippen LogP contribution is 2.34. The molecule has 3 rings (SSSR count). The van der Waals surface area contributed by atoms with Gasteiger partial charge in [0.15, 0.2) is 5.69 Å². The van der Waals surface area contributed by atoms with Gasteiger partial charge in [0, 0.05) is 11.1 Å². The Morgan fingerprint density at radius 1 is 1.14 bits per heavy atom. The van der Waals surface area contributed by atoms with Gasteiger partial charge >= 0.3 is 6.18 Å². The molecule has 1 amide bonds. The molecule has 0 fully saturated rings. The second-order valence-corrected chi connectivity index (χ2v) is 7.13. The number of nitrogens with zero attached hydrogens (tertiary/aromatic N) is 2. The van der Waals surface area contributed by atoms with Crippen LogP contribution in [0.3, 0.4) is 0 Å². The Bertz CT molecular complexity index is 969. The van der Waals surface area contributed by atoms with Gasteiger partial charge in [0.1, 0.15) is 0 Å². The van der Waals surface area contributed by atoms with Gasteiger partial charge in [-0.05, 0) is 49.6 Å². The third-order valence-corrected chi connectivity index (χ3v) is 4.69. The summed E-state index contributed by atoms with van der Waals surface area (Å²) < 4.78 is 41.8. The topological polar surface area (TPSA) is 46.9 Å². The van der Waals surface area contributed by atoms with Crippen LogP contribution in [0.5, 0.6) is 0 Å². The number of hydrogen-bond donors (Lipinski definition) is 1. The van der Waals surface area contributed by atoms with Gasteiger partial charge in [-0.2, -0.15) is 18.3 Å². The average molecular weight is 422 g/mol. The summed E-state index contributed by atoms with van der Waals surface area (Å²) in [4.78, 5) is 12.5. The molecule has 2 aromatic carbocycles. The van der Waals surface area contributed by atoms with Gasteiger partial charge in [-0.1, -0.05) is 41.9 Å².